The smallest absolute Gasteiger partial charge is 0.122 e. The molecule has 4 heteroatoms. The van der Waals surface area contributed by atoms with E-state index in [1.54, 1.807) is 0 Å². The molecular formula is C12H22N4. The van der Waals surface area contributed by atoms with Gasteiger partial charge in [-0.15, -0.1) is 0 Å². The Morgan fingerprint density at radius 3 is 3.19 bits per heavy atom. The highest BCUT2D eigenvalue weighted by atomic mass is 15.2. The van der Waals surface area contributed by atoms with Gasteiger partial charge in [0, 0.05) is 25.5 Å². The van der Waals surface area contributed by atoms with E-state index in [1.165, 1.54) is 25.2 Å². The van der Waals surface area contributed by atoms with Gasteiger partial charge in [0.05, 0.1) is 6.54 Å². The van der Waals surface area contributed by atoms with E-state index in [4.69, 9.17) is 0 Å². The summed E-state index contributed by atoms with van der Waals surface area (Å²) in [6.45, 7) is 8.94. The van der Waals surface area contributed by atoms with Crippen molar-refractivity contribution in [3.8, 4) is 0 Å². The third-order valence-electron chi connectivity index (χ3n) is 3.08. The Hall–Kier alpha value is -0.870. The predicted molar refractivity (Wildman–Crippen MR) is 65.3 cm³/mol. The Kier molecular flexibility index (Phi) is 4.36. The number of hydrogen-bond donors (Lipinski definition) is 1. The van der Waals surface area contributed by atoms with Crippen molar-refractivity contribution >= 4 is 0 Å². The minimum absolute atomic E-state index is 1.01. The van der Waals surface area contributed by atoms with Crippen LogP contribution in [0.15, 0.2) is 12.4 Å². The molecule has 0 fully saturated rings. The van der Waals surface area contributed by atoms with Gasteiger partial charge >= 0.3 is 0 Å². The normalized spacial score (nSPS) is 16.3. The van der Waals surface area contributed by atoms with Gasteiger partial charge in [-0.05, 0) is 32.5 Å². The number of fused-ring (bicyclic) bond motifs is 1. The van der Waals surface area contributed by atoms with Crippen molar-refractivity contribution in [2.75, 3.05) is 26.2 Å². The molecule has 0 saturated carbocycles. The molecule has 0 saturated heterocycles. The molecule has 1 N–H and O–H groups in total. The highest BCUT2D eigenvalue weighted by molar-refractivity contribution is 4.95. The third kappa shape index (κ3) is 3.06. The van der Waals surface area contributed by atoms with E-state index in [0.717, 1.165) is 32.7 Å². The molecular weight excluding hydrogens is 200 g/mol. The number of imidazole rings is 1. The first kappa shape index (κ1) is 11.6. The van der Waals surface area contributed by atoms with Crippen LogP contribution in [-0.2, 0) is 13.1 Å². The van der Waals surface area contributed by atoms with Crippen molar-refractivity contribution in [2.24, 2.45) is 0 Å². The molecule has 1 aliphatic rings. The zero-order chi connectivity index (χ0) is 11.2. The quantitative estimate of drug-likeness (QED) is 0.731. The number of aromatic nitrogens is 2. The molecule has 1 aliphatic heterocycles. The highest BCUT2D eigenvalue weighted by Crippen LogP contribution is 2.09. The van der Waals surface area contributed by atoms with Crippen LogP contribution in [0.25, 0.3) is 0 Å². The maximum Gasteiger partial charge on any atom is 0.122 e. The van der Waals surface area contributed by atoms with Crippen LogP contribution in [0.2, 0.25) is 0 Å². The molecule has 0 aromatic carbocycles. The summed E-state index contributed by atoms with van der Waals surface area (Å²) in [5, 5.41) is 3.44. The lowest BCUT2D eigenvalue weighted by molar-refractivity contribution is 0.214. The largest absolute Gasteiger partial charge is 0.333 e. The van der Waals surface area contributed by atoms with Crippen molar-refractivity contribution in [3.63, 3.8) is 0 Å². The van der Waals surface area contributed by atoms with Gasteiger partial charge in [0.15, 0.2) is 0 Å². The standard InChI is InChI=1S/C12H22N4/c1-2-4-13-5-3-7-15-9-10-16-8-6-14-12(16)11-15/h6,8,13H,2-5,7,9-11H2,1H3. The van der Waals surface area contributed by atoms with Gasteiger partial charge in [0.1, 0.15) is 5.82 Å². The third-order valence-corrected chi connectivity index (χ3v) is 3.08. The first-order chi connectivity index (χ1) is 7.90. The molecule has 2 heterocycles. The first-order valence-corrected chi connectivity index (χ1v) is 6.33. The first-order valence-electron chi connectivity index (χ1n) is 6.33. The molecule has 90 valence electrons. The van der Waals surface area contributed by atoms with Crippen molar-refractivity contribution in [2.45, 2.75) is 32.9 Å². The monoisotopic (exact) mass is 222 g/mol. The topological polar surface area (TPSA) is 33.1 Å². The molecule has 0 amide bonds. The molecule has 1 aromatic rings. The van der Waals surface area contributed by atoms with Gasteiger partial charge in [0.25, 0.3) is 0 Å². The summed E-state index contributed by atoms with van der Waals surface area (Å²) < 4.78 is 2.26. The van der Waals surface area contributed by atoms with Gasteiger partial charge in [-0.3, -0.25) is 4.90 Å². The molecule has 1 aromatic heterocycles. The Balaban J connectivity index is 1.65. The molecule has 2 rings (SSSR count). The minimum Gasteiger partial charge on any atom is -0.333 e. The van der Waals surface area contributed by atoms with E-state index >= 15 is 0 Å². The predicted octanol–water partition coefficient (Wildman–Crippen LogP) is 1.09. The Bertz CT molecular complexity index is 308. The second-order valence-corrected chi connectivity index (χ2v) is 4.42. The van der Waals surface area contributed by atoms with Crippen LogP contribution in [-0.4, -0.2) is 40.6 Å². The van der Waals surface area contributed by atoms with Crippen LogP contribution in [0, 0.1) is 0 Å². The second kappa shape index (κ2) is 6.01. The number of nitrogens with zero attached hydrogens (tertiary/aromatic N) is 3. The number of rotatable bonds is 6. The van der Waals surface area contributed by atoms with Crippen molar-refractivity contribution < 1.29 is 0 Å². The summed E-state index contributed by atoms with van der Waals surface area (Å²) in [5.41, 5.74) is 0. The van der Waals surface area contributed by atoms with Crippen LogP contribution in [0.3, 0.4) is 0 Å². The minimum atomic E-state index is 1.01. The van der Waals surface area contributed by atoms with E-state index in [0.29, 0.717) is 0 Å². The summed E-state index contributed by atoms with van der Waals surface area (Å²) in [7, 11) is 0. The zero-order valence-corrected chi connectivity index (χ0v) is 10.2. The molecule has 0 radical (unpaired) electrons. The van der Waals surface area contributed by atoms with Gasteiger partial charge in [-0.1, -0.05) is 6.92 Å². The molecule has 16 heavy (non-hydrogen) atoms. The van der Waals surface area contributed by atoms with E-state index < -0.39 is 0 Å². The second-order valence-electron chi connectivity index (χ2n) is 4.42. The Morgan fingerprint density at radius 2 is 2.31 bits per heavy atom. The Labute approximate surface area is 97.7 Å². The van der Waals surface area contributed by atoms with Crippen molar-refractivity contribution in [1.29, 1.82) is 0 Å². The summed E-state index contributed by atoms with van der Waals surface area (Å²) in [4.78, 5) is 6.87. The average molecular weight is 222 g/mol. The van der Waals surface area contributed by atoms with Crippen LogP contribution >= 0.6 is 0 Å². The number of hydrogen-bond acceptors (Lipinski definition) is 3. The van der Waals surface area contributed by atoms with Crippen LogP contribution in [0.4, 0.5) is 0 Å². The van der Waals surface area contributed by atoms with Crippen LogP contribution in [0.1, 0.15) is 25.6 Å². The summed E-state index contributed by atoms with van der Waals surface area (Å²) >= 11 is 0. The molecule has 0 aliphatic carbocycles. The van der Waals surface area contributed by atoms with Crippen molar-refractivity contribution in [3.05, 3.63) is 18.2 Å². The summed E-state index contributed by atoms with van der Waals surface area (Å²) in [6, 6.07) is 0. The lowest BCUT2D eigenvalue weighted by atomic mass is 10.3. The lowest BCUT2D eigenvalue weighted by Gasteiger charge is -2.27. The van der Waals surface area contributed by atoms with Gasteiger partial charge in [-0.2, -0.15) is 0 Å². The van der Waals surface area contributed by atoms with E-state index in [-0.39, 0.29) is 0 Å². The fourth-order valence-corrected chi connectivity index (χ4v) is 2.14. The van der Waals surface area contributed by atoms with Gasteiger partial charge in [0.2, 0.25) is 0 Å². The van der Waals surface area contributed by atoms with E-state index in [9.17, 15) is 0 Å². The van der Waals surface area contributed by atoms with E-state index in [2.05, 4.69) is 32.9 Å². The van der Waals surface area contributed by atoms with Crippen LogP contribution in [0.5, 0.6) is 0 Å². The summed E-state index contributed by atoms with van der Waals surface area (Å²) in [5.74, 6) is 1.22. The maximum absolute atomic E-state index is 4.37. The zero-order valence-electron chi connectivity index (χ0n) is 10.2. The summed E-state index contributed by atoms with van der Waals surface area (Å²) in [6.07, 6.45) is 6.44. The fourth-order valence-electron chi connectivity index (χ4n) is 2.14. The molecule has 0 spiro atoms. The maximum atomic E-state index is 4.37. The van der Waals surface area contributed by atoms with E-state index in [1.807, 2.05) is 6.20 Å². The molecule has 0 bridgehead atoms. The molecule has 0 unspecified atom stereocenters. The fraction of sp³-hybridized carbons (Fsp3) is 0.750. The lowest BCUT2D eigenvalue weighted by Crippen LogP contribution is -2.35. The van der Waals surface area contributed by atoms with Crippen molar-refractivity contribution in [1.82, 2.24) is 19.8 Å². The van der Waals surface area contributed by atoms with Crippen LogP contribution < -0.4 is 5.32 Å². The number of nitrogens with one attached hydrogen (secondary N) is 1. The highest BCUT2D eigenvalue weighted by Gasteiger charge is 2.15. The average Bonchev–Trinajstić information content (AvgIpc) is 2.76. The molecule has 4 nitrogen and oxygen atoms in total. The van der Waals surface area contributed by atoms with Gasteiger partial charge in [-0.25, -0.2) is 4.98 Å². The Morgan fingerprint density at radius 1 is 1.38 bits per heavy atom. The SMILES string of the molecule is CCCNCCCN1CCn2ccnc2C1. The van der Waals surface area contributed by atoms with Gasteiger partial charge < -0.3 is 9.88 Å². The molecule has 0 atom stereocenters.